The highest BCUT2D eigenvalue weighted by molar-refractivity contribution is 7.99. The van der Waals surface area contributed by atoms with Crippen LogP contribution in [0, 0.1) is 6.92 Å². The van der Waals surface area contributed by atoms with E-state index in [1.807, 2.05) is 73.7 Å². The lowest BCUT2D eigenvalue weighted by molar-refractivity contribution is -0.139. The number of carboxylic acids is 1. The molecule has 3 nitrogen and oxygen atoms in total. The zero-order chi connectivity index (χ0) is 25.5. The summed E-state index contributed by atoms with van der Waals surface area (Å²) in [5.41, 5.74) is 6.48. The molecule has 0 saturated carbocycles. The van der Waals surface area contributed by atoms with Crippen molar-refractivity contribution in [1.82, 2.24) is 0 Å². The van der Waals surface area contributed by atoms with Gasteiger partial charge in [-0.2, -0.15) is 0 Å². The quantitative estimate of drug-likeness (QED) is 0.218. The molecule has 0 amide bonds. The van der Waals surface area contributed by atoms with Crippen LogP contribution in [-0.4, -0.2) is 23.4 Å². The molecule has 0 spiro atoms. The van der Waals surface area contributed by atoms with Gasteiger partial charge in [0.15, 0.2) is 6.61 Å². The number of hydrogen-bond acceptors (Lipinski definition) is 3. The molecule has 0 unspecified atom stereocenters. The average molecular weight is 535 g/mol. The van der Waals surface area contributed by atoms with Gasteiger partial charge >= 0.3 is 5.97 Å². The monoisotopic (exact) mass is 534 g/mol. The Morgan fingerprint density at radius 2 is 1.36 bits per heavy atom. The number of carbonyl (C=O) groups is 1. The van der Waals surface area contributed by atoms with Crippen LogP contribution in [0.25, 0.3) is 16.7 Å². The zero-order valence-electron chi connectivity index (χ0n) is 19.6. The second-order valence-electron chi connectivity index (χ2n) is 8.13. The van der Waals surface area contributed by atoms with Gasteiger partial charge in [-0.1, -0.05) is 77.8 Å². The predicted molar refractivity (Wildman–Crippen MR) is 150 cm³/mol. The minimum absolute atomic E-state index is 0.350. The first-order valence-electron chi connectivity index (χ1n) is 11.3. The van der Waals surface area contributed by atoms with E-state index in [0.717, 1.165) is 49.1 Å². The standard InChI is InChI=1S/C30H24Cl2O3S/c1-20-18-27(14-15-29(20)35-19-30(33)34)36-17-16-28(24-8-12-26(32)13-9-24)23-4-2-21(3-5-23)22-6-10-25(31)11-7-22/h2-16,18H,17,19H2,1H3,(H,33,34)/b28-16-. The number of thioether (sulfide) groups is 1. The van der Waals surface area contributed by atoms with E-state index < -0.39 is 5.97 Å². The van der Waals surface area contributed by atoms with Crippen molar-refractivity contribution < 1.29 is 14.6 Å². The second-order valence-corrected chi connectivity index (χ2v) is 10.1. The number of aryl methyl sites for hydroxylation is 1. The van der Waals surface area contributed by atoms with Crippen LogP contribution in [-0.2, 0) is 4.79 Å². The summed E-state index contributed by atoms with van der Waals surface area (Å²) in [5.74, 6) is 0.347. The van der Waals surface area contributed by atoms with Gasteiger partial charge in [-0.15, -0.1) is 11.8 Å². The van der Waals surface area contributed by atoms with Gasteiger partial charge in [0, 0.05) is 20.7 Å². The number of ether oxygens (including phenoxy) is 1. The first kappa shape index (κ1) is 25.9. The van der Waals surface area contributed by atoms with E-state index in [2.05, 4.69) is 30.3 Å². The molecule has 4 aromatic rings. The Labute approximate surface area is 225 Å². The van der Waals surface area contributed by atoms with Crippen molar-refractivity contribution >= 4 is 46.5 Å². The van der Waals surface area contributed by atoms with Crippen LogP contribution in [0.2, 0.25) is 10.0 Å². The molecule has 0 saturated heterocycles. The molecule has 0 radical (unpaired) electrons. The van der Waals surface area contributed by atoms with E-state index >= 15 is 0 Å². The average Bonchev–Trinajstić information content (AvgIpc) is 2.87. The van der Waals surface area contributed by atoms with Crippen LogP contribution < -0.4 is 4.74 Å². The summed E-state index contributed by atoms with van der Waals surface area (Å²) in [6.45, 7) is 1.57. The maximum absolute atomic E-state index is 10.8. The van der Waals surface area contributed by atoms with Gasteiger partial charge in [0.05, 0.1) is 0 Å². The van der Waals surface area contributed by atoms with Crippen LogP contribution in [0.5, 0.6) is 5.75 Å². The molecule has 6 heteroatoms. The summed E-state index contributed by atoms with van der Waals surface area (Å²) < 4.78 is 5.33. The van der Waals surface area contributed by atoms with Crippen LogP contribution in [0.4, 0.5) is 0 Å². The Morgan fingerprint density at radius 1 is 0.833 bits per heavy atom. The van der Waals surface area contributed by atoms with Crippen LogP contribution in [0.1, 0.15) is 16.7 Å². The summed E-state index contributed by atoms with van der Waals surface area (Å²) in [6, 6.07) is 30.0. The molecule has 4 aromatic carbocycles. The SMILES string of the molecule is Cc1cc(SC/C=C(\c2ccc(Cl)cc2)c2ccc(-c3ccc(Cl)cc3)cc2)ccc1OCC(=O)O. The predicted octanol–water partition coefficient (Wildman–Crippen LogP) is 8.66. The summed E-state index contributed by atoms with van der Waals surface area (Å²) in [4.78, 5) is 11.8. The molecule has 0 aromatic heterocycles. The van der Waals surface area contributed by atoms with Gasteiger partial charge in [0.25, 0.3) is 0 Å². The van der Waals surface area contributed by atoms with E-state index in [1.54, 1.807) is 11.8 Å². The number of carboxylic acid groups (broad SMARTS) is 1. The lowest BCUT2D eigenvalue weighted by Gasteiger charge is -2.11. The Kier molecular flexibility index (Phi) is 8.76. The van der Waals surface area contributed by atoms with Gasteiger partial charge < -0.3 is 9.84 Å². The summed E-state index contributed by atoms with van der Waals surface area (Å²) in [5, 5.41) is 10.2. The van der Waals surface area contributed by atoms with Crippen molar-refractivity contribution in [3.05, 3.63) is 124 Å². The minimum atomic E-state index is -0.992. The molecule has 0 aliphatic heterocycles. The van der Waals surface area contributed by atoms with Crippen LogP contribution in [0.15, 0.2) is 102 Å². The van der Waals surface area contributed by atoms with E-state index in [1.165, 1.54) is 0 Å². The van der Waals surface area contributed by atoms with Crippen molar-refractivity contribution in [3.8, 4) is 16.9 Å². The minimum Gasteiger partial charge on any atom is -0.482 e. The Morgan fingerprint density at radius 3 is 1.92 bits per heavy atom. The Balaban J connectivity index is 1.55. The molecule has 0 heterocycles. The summed E-state index contributed by atoms with van der Waals surface area (Å²) in [7, 11) is 0. The first-order valence-corrected chi connectivity index (χ1v) is 13.0. The first-order chi connectivity index (χ1) is 17.4. The topological polar surface area (TPSA) is 46.5 Å². The molecule has 182 valence electrons. The van der Waals surface area contributed by atoms with Crippen molar-refractivity contribution in [3.63, 3.8) is 0 Å². The molecular weight excluding hydrogens is 511 g/mol. The van der Waals surface area contributed by atoms with Crippen molar-refractivity contribution in [2.45, 2.75) is 11.8 Å². The van der Waals surface area contributed by atoms with E-state index in [4.69, 9.17) is 33.0 Å². The third-order valence-corrected chi connectivity index (χ3v) is 6.99. The zero-order valence-corrected chi connectivity index (χ0v) is 21.9. The summed E-state index contributed by atoms with van der Waals surface area (Å²) >= 11 is 13.9. The maximum atomic E-state index is 10.8. The number of benzene rings is 4. The fourth-order valence-corrected chi connectivity index (χ4v) is 4.87. The van der Waals surface area contributed by atoms with Gasteiger partial charge in [-0.05, 0) is 82.8 Å². The lowest BCUT2D eigenvalue weighted by atomic mass is 9.95. The molecule has 0 fully saturated rings. The van der Waals surface area contributed by atoms with E-state index in [-0.39, 0.29) is 6.61 Å². The van der Waals surface area contributed by atoms with Gasteiger partial charge in [-0.25, -0.2) is 4.79 Å². The highest BCUT2D eigenvalue weighted by atomic mass is 35.5. The van der Waals surface area contributed by atoms with Gasteiger partial charge in [0.2, 0.25) is 0 Å². The Hall–Kier alpha value is -3.18. The number of aliphatic carboxylic acids is 1. The highest BCUT2D eigenvalue weighted by Crippen LogP contribution is 2.31. The number of halogens is 2. The van der Waals surface area contributed by atoms with Crippen LogP contribution >= 0.6 is 35.0 Å². The maximum Gasteiger partial charge on any atom is 0.341 e. The summed E-state index contributed by atoms with van der Waals surface area (Å²) in [6.07, 6.45) is 2.22. The number of rotatable bonds is 9. The lowest BCUT2D eigenvalue weighted by Crippen LogP contribution is -2.09. The van der Waals surface area contributed by atoms with Crippen molar-refractivity contribution in [2.24, 2.45) is 0 Å². The van der Waals surface area contributed by atoms with Crippen LogP contribution in [0.3, 0.4) is 0 Å². The fourth-order valence-electron chi connectivity index (χ4n) is 3.75. The molecule has 0 aliphatic rings. The molecule has 36 heavy (non-hydrogen) atoms. The molecule has 4 rings (SSSR count). The molecule has 1 N–H and O–H groups in total. The molecule has 0 bridgehead atoms. The van der Waals surface area contributed by atoms with Crippen molar-refractivity contribution in [2.75, 3.05) is 12.4 Å². The second kappa shape index (κ2) is 12.2. The van der Waals surface area contributed by atoms with Gasteiger partial charge in [0.1, 0.15) is 5.75 Å². The normalized spacial score (nSPS) is 11.4. The fraction of sp³-hybridized carbons (Fsp3) is 0.100. The highest BCUT2D eigenvalue weighted by Gasteiger charge is 2.08. The number of hydrogen-bond donors (Lipinski definition) is 1. The Bertz CT molecular complexity index is 1360. The van der Waals surface area contributed by atoms with Crippen molar-refractivity contribution in [1.29, 1.82) is 0 Å². The third kappa shape index (κ3) is 6.94. The largest absolute Gasteiger partial charge is 0.482 e. The van der Waals surface area contributed by atoms with E-state index in [9.17, 15) is 4.79 Å². The molecule has 0 atom stereocenters. The van der Waals surface area contributed by atoms with E-state index in [0.29, 0.717) is 10.8 Å². The van der Waals surface area contributed by atoms with Gasteiger partial charge in [-0.3, -0.25) is 0 Å². The third-order valence-electron chi connectivity index (χ3n) is 5.56. The molecular formula is C30H24Cl2O3S. The molecule has 0 aliphatic carbocycles. The smallest absolute Gasteiger partial charge is 0.341 e.